The summed E-state index contributed by atoms with van der Waals surface area (Å²) in [7, 11) is -4.69. The molecule has 0 aromatic heterocycles. The molecule has 0 aliphatic heterocycles. The van der Waals surface area contributed by atoms with Crippen LogP contribution in [0.5, 0.6) is 0 Å². The van der Waals surface area contributed by atoms with Gasteiger partial charge in [-0.3, -0.25) is 0 Å². The van der Waals surface area contributed by atoms with Gasteiger partial charge in [0.2, 0.25) is 0 Å². The molecule has 96 valence electrons. The topological polar surface area (TPSA) is 124 Å². The summed E-state index contributed by atoms with van der Waals surface area (Å²) in [6, 6.07) is 0. The Morgan fingerprint density at radius 2 is 1.75 bits per heavy atom. The molecule has 0 aromatic rings. The van der Waals surface area contributed by atoms with Gasteiger partial charge in [-0.15, -0.1) is 0 Å². The fourth-order valence-electron chi connectivity index (χ4n) is 2.61. The van der Waals surface area contributed by atoms with E-state index in [1.807, 2.05) is 0 Å². The number of allylic oxidation sites excluding steroid dienone is 2. The highest BCUT2D eigenvalue weighted by Crippen LogP contribution is 2.58. The molecule has 0 aromatic carbocycles. The van der Waals surface area contributed by atoms with E-state index in [4.69, 9.17) is 18.6 Å². The molecule has 5 nitrogen and oxygen atoms in total. The lowest BCUT2D eigenvalue weighted by atomic mass is 9.52. The molecule has 0 spiro atoms. The van der Waals surface area contributed by atoms with Gasteiger partial charge in [-0.25, -0.2) is 0 Å². The van der Waals surface area contributed by atoms with Gasteiger partial charge in [0.15, 0.2) is 0 Å². The smallest absolute Gasteiger partial charge is 0.0777 e. The van der Waals surface area contributed by atoms with E-state index >= 15 is 0 Å². The summed E-state index contributed by atoms with van der Waals surface area (Å²) in [5, 5.41) is 0. The molecule has 1 unspecified atom stereocenters. The highest BCUT2D eigenvalue weighted by atomic mass is 35.7. The molecular weight excluding hydrogens is 234 g/mol. The summed E-state index contributed by atoms with van der Waals surface area (Å²) in [5.74, 6) is 1.02. The van der Waals surface area contributed by atoms with Gasteiger partial charge in [0.1, 0.15) is 0 Å². The number of fused-ring (bicyclic) bond motifs is 2. The van der Waals surface area contributed by atoms with Crippen molar-refractivity contribution in [3.8, 4) is 0 Å². The summed E-state index contributed by atoms with van der Waals surface area (Å²) >= 11 is 0. The lowest BCUT2D eigenvalue weighted by Gasteiger charge is -2.52. The van der Waals surface area contributed by atoms with E-state index in [1.54, 1.807) is 11.1 Å². The average molecular weight is 254 g/mol. The molecule has 1 fully saturated rings. The normalized spacial score (nSPS) is 26.1. The van der Waals surface area contributed by atoms with Crippen LogP contribution in [0.1, 0.15) is 40.0 Å². The average Bonchev–Trinajstić information content (AvgIpc) is 2.00. The zero-order chi connectivity index (χ0) is 11.9. The van der Waals surface area contributed by atoms with Gasteiger partial charge in [-0.1, -0.05) is 25.0 Å². The predicted octanol–water partition coefficient (Wildman–Crippen LogP) is -0.819. The highest BCUT2D eigenvalue weighted by Gasteiger charge is 2.46. The summed E-state index contributed by atoms with van der Waals surface area (Å²) in [5.41, 5.74) is 4.04. The third kappa shape index (κ3) is 3.69. The lowest BCUT2D eigenvalue weighted by molar-refractivity contribution is -1.92. The van der Waals surface area contributed by atoms with Crippen LogP contribution in [0.2, 0.25) is 0 Å². The van der Waals surface area contributed by atoms with Crippen molar-refractivity contribution in [2.75, 3.05) is 0 Å². The second-order valence-electron chi connectivity index (χ2n) is 4.82. The number of rotatable bonds is 0. The Morgan fingerprint density at radius 3 is 1.94 bits per heavy atom. The minimum absolute atomic E-state index is 0. The molecule has 16 heavy (non-hydrogen) atoms. The van der Waals surface area contributed by atoms with Crippen LogP contribution in [-0.4, -0.2) is 4.66 Å². The molecule has 4 N–H and O–H groups in total. The predicted molar refractivity (Wildman–Crippen MR) is 51.1 cm³/mol. The van der Waals surface area contributed by atoms with Crippen molar-refractivity contribution in [1.29, 1.82) is 0 Å². The Morgan fingerprint density at radius 1 is 1.31 bits per heavy atom. The molecule has 6 heteroatoms. The Balaban J connectivity index is 0.000000330. The van der Waals surface area contributed by atoms with Crippen LogP contribution in [0.15, 0.2) is 11.1 Å². The van der Waals surface area contributed by atoms with E-state index in [0.717, 1.165) is 5.92 Å². The molecule has 3 rings (SSSR count). The lowest BCUT2D eigenvalue weighted by Crippen LogP contribution is -2.58. The standard InChI is InChI=1S/C10H16.ClHO4.H3N/c1-7-4-5-8-6-9(7)10(8,2)3;2-1(3,4)5;/h8H,4-6H2,1-3H3;(H,2,3,4,5);1H3. The van der Waals surface area contributed by atoms with Gasteiger partial charge in [-0.05, 0) is 37.5 Å². The molecule has 3 aliphatic carbocycles. The third-order valence-corrected chi connectivity index (χ3v) is 3.63. The molecular formula is C10H20ClNO4. The van der Waals surface area contributed by atoms with Crippen molar-refractivity contribution in [1.82, 2.24) is 6.15 Å². The largest absolute Gasteiger partial charge is 0.344 e. The van der Waals surface area contributed by atoms with Crippen molar-refractivity contribution in [2.45, 2.75) is 40.0 Å². The summed E-state index contributed by atoms with van der Waals surface area (Å²) in [6.07, 6.45) is 4.24. The molecule has 1 atom stereocenters. The SMILES string of the molecule is CC1=C2CC(CC1)C2(C)C.N.[O-][Cl+3]([O-])([O-])O. The summed E-state index contributed by atoms with van der Waals surface area (Å²) in [6.45, 7) is 7.12. The van der Waals surface area contributed by atoms with Crippen LogP contribution in [0.3, 0.4) is 0 Å². The second kappa shape index (κ2) is 5.00. The van der Waals surface area contributed by atoms with Crippen molar-refractivity contribution in [2.24, 2.45) is 11.3 Å². The fourth-order valence-corrected chi connectivity index (χ4v) is 2.61. The molecule has 0 saturated heterocycles. The monoisotopic (exact) mass is 253 g/mol. The summed E-state index contributed by atoms with van der Waals surface area (Å²) < 4.78 is 32.7. The van der Waals surface area contributed by atoms with Gasteiger partial charge < -0.3 is 6.15 Å². The first-order valence-electron chi connectivity index (χ1n) is 4.94. The van der Waals surface area contributed by atoms with E-state index in [-0.39, 0.29) is 6.15 Å². The van der Waals surface area contributed by atoms with E-state index in [2.05, 4.69) is 20.8 Å². The maximum atomic E-state index is 8.60. The van der Waals surface area contributed by atoms with Crippen LogP contribution in [0, 0.1) is 21.6 Å². The Bertz CT molecular complexity index is 277. The van der Waals surface area contributed by atoms with Crippen molar-refractivity contribution in [3.05, 3.63) is 11.1 Å². The quantitative estimate of drug-likeness (QED) is 0.546. The van der Waals surface area contributed by atoms with E-state index in [9.17, 15) is 0 Å². The highest BCUT2D eigenvalue weighted by molar-refractivity contribution is 5.32. The van der Waals surface area contributed by atoms with Gasteiger partial charge in [0, 0.05) is 0 Å². The van der Waals surface area contributed by atoms with Gasteiger partial charge in [-0.2, -0.15) is 14.0 Å². The third-order valence-electron chi connectivity index (χ3n) is 3.63. The Hall–Kier alpha value is -0.170. The van der Waals surface area contributed by atoms with E-state index in [0.29, 0.717) is 5.41 Å². The minimum atomic E-state index is -4.69. The Kier molecular flexibility index (Phi) is 4.94. The van der Waals surface area contributed by atoms with E-state index in [1.165, 1.54) is 19.3 Å². The molecule has 0 amide bonds. The first-order valence-corrected chi connectivity index (χ1v) is 6.21. The minimum Gasteiger partial charge on any atom is -0.344 e. The molecule has 0 heterocycles. The molecule has 1 saturated carbocycles. The molecule has 3 aliphatic rings. The second-order valence-corrected chi connectivity index (χ2v) is 5.61. The van der Waals surface area contributed by atoms with Gasteiger partial charge in [0.25, 0.3) is 0 Å². The van der Waals surface area contributed by atoms with Crippen LogP contribution >= 0.6 is 0 Å². The Labute approximate surface area is 98.1 Å². The number of hydrogen-bond acceptors (Lipinski definition) is 5. The maximum absolute atomic E-state index is 8.60. The van der Waals surface area contributed by atoms with Crippen molar-refractivity contribution >= 4 is 0 Å². The van der Waals surface area contributed by atoms with Gasteiger partial charge in [0.05, 0.1) is 14.9 Å². The zero-order valence-electron chi connectivity index (χ0n) is 9.96. The maximum Gasteiger partial charge on any atom is 0.0777 e. The van der Waals surface area contributed by atoms with Crippen molar-refractivity contribution < 1.29 is 28.9 Å². The zero-order valence-corrected chi connectivity index (χ0v) is 10.7. The molecule has 2 bridgehead atoms. The van der Waals surface area contributed by atoms with E-state index < -0.39 is 10.2 Å². The van der Waals surface area contributed by atoms with Crippen LogP contribution < -0.4 is 20.1 Å². The fraction of sp³-hybridized carbons (Fsp3) is 0.800. The van der Waals surface area contributed by atoms with Crippen LogP contribution in [0.4, 0.5) is 0 Å². The number of hydrogen-bond donors (Lipinski definition) is 2. The van der Waals surface area contributed by atoms with Gasteiger partial charge >= 0.3 is 0 Å². The van der Waals surface area contributed by atoms with Crippen LogP contribution in [-0.2, 0) is 0 Å². The first-order chi connectivity index (χ1) is 6.62. The first kappa shape index (κ1) is 15.8. The number of halogens is 1. The van der Waals surface area contributed by atoms with Crippen LogP contribution in [0.25, 0.3) is 0 Å². The molecule has 0 radical (unpaired) electrons. The summed E-state index contributed by atoms with van der Waals surface area (Å²) in [4.78, 5) is 0. The van der Waals surface area contributed by atoms with Crippen molar-refractivity contribution in [3.63, 3.8) is 0 Å².